The highest BCUT2D eigenvalue weighted by molar-refractivity contribution is 6.02. The van der Waals surface area contributed by atoms with Crippen LogP contribution in [-0.4, -0.2) is 24.5 Å². The zero-order chi connectivity index (χ0) is 22.7. The lowest BCUT2D eigenvalue weighted by molar-refractivity contribution is -0.125. The van der Waals surface area contributed by atoms with Crippen LogP contribution in [0.3, 0.4) is 0 Å². The van der Waals surface area contributed by atoms with Gasteiger partial charge in [-0.1, -0.05) is 56.2 Å². The molecule has 1 N–H and O–H groups in total. The van der Waals surface area contributed by atoms with Gasteiger partial charge in [-0.25, -0.2) is 4.79 Å². The molecule has 32 heavy (non-hydrogen) atoms. The summed E-state index contributed by atoms with van der Waals surface area (Å²) < 4.78 is 11.3. The topological polar surface area (TPSA) is 85.6 Å². The SMILES string of the molecule is Cc1c(-c2ccccc2)oc2c(C(=O)OCC(=O)NC3CCCCC3C)cccc2c1=O. The molecule has 3 aromatic rings. The molecule has 166 valence electrons. The van der Waals surface area contributed by atoms with Crippen molar-refractivity contribution in [2.24, 2.45) is 5.92 Å². The number of amides is 1. The average Bonchev–Trinajstić information content (AvgIpc) is 2.81. The normalized spacial score (nSPS) is 18.3. The van der Waals surface area contributed by atoms with Gasteiger partial charge in [-0.3, -0.25) is 9.59 Å². The van der Waals surface area contributed by atoms with Gasteiger partial charge >= 0.3 is 5.97 Å². The van der Waals surface area contributed by atoms with E-state index in [1.807, 2.05) is 30.3 Å². The van der Waals surface area contributed by atoms with E-state index < -0.39 is 5.97 Å². The summed E-state index contributed by atoms with van der Waals surface area (Å²) in [5, 5.41) is 3.27. The van der Waals surface area contributed by atoms with Gasteiger partial charge in [0.15, 0.2) is 17.6 Å². The molecular weight excluding hydrogens is 406 g/mol. The number of hydrogen-bond acceptors (Lipinski definition) is 5. The lowest BCUT2D eigenvalue weighted by Crippen LogP contribution is -2.42. The van der Waals surface area contributed by atoms with Crippen molar-refractivity contribution in [2.75, 3.05) is 6.61 Å². The van der Waals surface area contributed by atoms with Gasteiger partial charge in [0.05, 0.1) is 5.39 Å². The van der Waals surface area contributed by atoms with Crippen molar-refractivity contribution in [3.05, 3.63) is 69.9 Å². The van der Waals surface area contributed by atoms with E-state index in [9.17, 15) is 14.4 Å². The number of benzene rings is 2. The Kier molecular flexibility index (Phi) is 6.40. The quantitative estimate of drug-likeness (QED) is 0.594. The number of hydrogen-bond donors (Lipinski definition) is 1. The molecule has 2 aromatic carbocycles. The number of para-hydroxylation sites is 1. The van der Waals surface area contributed by atoms with Crippen LogP contribution in [0, 0.1) is 12.8 Å². The molecule has 6 nitrogen and oxygen atoms in total. The molecule has 0 aliphatic heterocycles. The van der Waals surface area contributed by atoms with Gasteiger partial charge in [0.1, 0.15) is 11.3 Å². The Labute approximate surface area is 186 Å². The van der Waals surface area contributed by atoms with Crippen LogP contribution in [0.2, 0.25) is 0 Å². The second kappa shape index (κ2) is 9.39. The molecule has 1 saturated carbocycles. The van der Waals surface area contributed by atoms with Crippen LogP contribution >= 0.6 is 0 Å². The third-order valence-electron chi connectivity index (χ3n) is 6.19. The van der Waals surface area contributed by atoms with E-state index in [-0.39, 0.29) is 35.1 Å². The highest BCUT2D eigenvalue weighted by atomic mass is 16.5. The van der Waals surface area contributed by atoms with E-state index in [0.29, 0.717) is 22.6 Å². The van der Waals surface area contributed by atoms with E-state index in [2.05, 4.69) is 12.2 Å². The summed E-state index contributed by atoms with van der Waals surface area (Å²) in [7, 11) is 0. The maximum absolute atomic E-state index is 12.9. The summed E-state index contributed by atoms with van der Waals surface area (Å²) in [5.74, 6) is -0.198. The molecule has 1 aliphatic rings. The number of carbonyl (C=O) groups excluding carboxylic acids is 2. The van der Waals surface area contributed by atoms with Gasteiger partial charge in [0, 0.05) is 17.2 Å². The highest BCUT2D eigenvalue weighted by Crippen LogP contribution is 2.27. The Morgan fingerprint density at radius 3 is 2.56 bits per heavy atom. The van der Waals surface area contributed by atoms with Gasteiger partial charge in [0.25, 0.3) is 5.91 Å². The second-order valence-electron chi connectivity index (χ2n) is 8.45. The predicted molar refractivity (Wildman–Crippen MR) is 123 cm³/mol. The summed E-state index contributed by atoms with van der Waals surface area (Å²) >= 11 is 0. The van der Waals surface area contributed by atoms with Gasteiger partial charge in [-0.2, -0.15) is 0 Å². The van der Waals surface area contributed by atoms with Gasteiger partial charge in [0.2, 0.25) is 0 Å². The van der Waals surface area contributed by atoms with Gasteiger partial charge < -0.3 is 14.5 Å². The molecule has 1 amide bonds. The number of rotatable bonds is 5. The van der Waals surface area contributed by atoms with Crippen molar-refractivity contribution in [1.82, 2.24) is 5.32 Å². The van der Waals surface area contributed by atoms with Crippen molar-refractivity contribution in [1.29, 1.82) is 0 Å². The average molecular weight is 434 g/mol. The van der Waals surface area contributed by atoms with Crippen molar-refractivity contribution in [3.63, 3.8) is 0 Å². The number of fused-ring (bicyclic) bond motifs is 1. The third kappa shape index (κ3) is 4.44. The summed E-state index contributed by atoms with van der Waals surface area (Å²) in [5.41, 5.74) is 1.29. The largest absolute Gasteiger partial charge is 0.455 e. The molecule has 1 aliphatic carbocycles. The number of nitrogens with one attached hydrogen (secondary N) is 1. The summed E-state index contributed by atoms with van der Waals surface area (Å²) in [6.45, 7) is 3.45. The highest BCUT2D eigenvalue weighted by Gasteiger charge is 2.24. The smallest absolute Gasteiger partial charge is 0.342 e. The Balaban J connectivity index is 1.57. The van der Waals surface area contributed by atoms with Crippen molar-refractivity contribution < 1.29 is 18.7 Å². The standard InChI is InChI=1S/C26H27NO5/c1-16-9-6-7-14-21(16)27-22(28)15-31-26(30)20-13-8-12-19-23(29)17(2)24(32-25(19)20)18-10-4-3-5-11-18/h3-5,8,10-13,16,21H,6-7,9,14-15H2,1-2H3,(H,27,28). The van der Waals surface area contributed by atoms with Crippen LogP contribution in [-0.2, 0) is 9.53 Å². The lowest BCUT2D eigenvalue weighted by atomic mass is 9.86. The van der Waals surface area contributed by atoms with Crippen LogP contribution in [0.1, 0.15) is 48.5 Å². The Morgan fingerprint density at radius 2 is 1.81 bits per heavy atom. The van der Waals surface area contributed by atoms with Crippen LogP contribution in [0.15, 0.2) is 57.7 Å². The molecule has 6 heteroatoms. The third-order valence-corrected chi connectivity index (χ3v) is 6.19. The van der Waals surface area contributed by atoms with E-state index in [1.54, 1.807) is 25.1 Å². The van der Waals surface area contributed by atoms with E-state index in [1.165, 1.54) is 6.42 Å². The molecule has 1 aromatic heterocycles. The lowest BCUT2D eigenvalue weighted by Gasteiger charge is -2.29. The molecule has 0 radical (unpaired) electrons. The molecule has 0 spiro atoms. The molecule has 0 saturated heterocycles. The summed E-state index contributed by atoms with van der Waals surface area (Å²) in [6.07, 6.45) is 4.30. The number of carbonyl (C=O) groups is 2. The first-order valence-corrected chi connectivity index (χ1v) is 11.0. The maximum atomic E-state index is 12.9. The minimum atomic E-state index is -0.701. The summed E-state index contributed by atoms with van der Waals surface area (Å²) in [4.78, 5) is 38.1. The zero-order valence-corrected chi connectivity index (χ0v) is 18.4. The fourth-order valence-corrected chi connectivity index (χ4v) is 4.32. The van der Waals surface area contributed by atoms with Crippen LogP contribution in [0.25, 0.3) is 22.3 Å². The first-order valence-electron chi connectivity index (χ1n) is 11.0. The van der Waals surface area contributed by atoms with E-state index in [0.717, 1.165) is 24.8 Å². The molecule has 2 unspecified atom stereocenters. The Morgan fingerprint density at radius 1 is 1.06 bits per heavy atom. The first-order chi connectivity index (χ1) is 15.5. The molecule has 1 fully saturated rings. The Hall–Kier alpha value is -3.41. The zero-order valence-electron chi connectivity index (χ0n) is 18.4. The maximum Gasteiger partial charge on any atom is 0.342 e. The van der Waals surface area contributed by atoms with Crippen molar-refractivity contribution in [3.8, 4) is 11.3 Å². The van der Waals surface area contributed by atoms with Crippen molar-refractivity contribution >= 4 is 22.8 Å². The van der Waals surface area contributed by atoms with Gasteiger partial charge in [-0.15, -0.1) is 0 Å². The molecule has 4 rings (SSSR count). The van der Waals surface area contributed by atoms with E-state index in [4.69, 9.17) is 9.15 Å². The van der Waals surface area contributed by atoms with Crippen LogP contribution in [0.4, 0.5) is 0 Å². The van der Waals surface area contributed by atoms with Gasteiger partial charge in [-0.05, 0) is 37.8 Å². The molecular formula is C26H27NO5. The van der Waals surface area contributed by atoms with E-state index >= 15 is 0 Å². The molecule has 2 atom stereocenters. The first kappa shape index (κ1) is 21.8. The molecule has 0 bridgehead atoms. The minimum Gasteiger partial charge on any atom is -0.455 e. The fraction of sp³-hybridized carbons (Fsp3) is 0.346. The van der Waals surface area contributed by atoms with Crippen molar-refractivity contribution in [2.45, 2.75) is 45.6 Å². The fourth-order valence-electron chi connectivity index (χ4n) is 4.32. The monoisotopic (exact) mass is 433 g/mol. The van der Waals surface area contributed by atoms with Crippen LogP contribution in [0.5, 0.6) is 0 Å². The number of ether oxygens (including phenoxy) is 1. The molecule has 1 heterocycles. The summed E-state index contributed by atoms with van der Waals surface area (Å²) in [6, 6.07) is 14.2. The Bertz CT molecular complexity index is 1200. The van der Waals surface area contributed by atoms with Crippen LogP contribution < -0.4 is 10.7 Å². The predicted octanol–water partition coefficient (Wildman–Crippen LogP) is 4.62. The minimum absolute atomic E-state index is 0.113. The second-order valence-corrected chi connectivity index (χ2v) is 8.45. The number of esters is 1.